The molecule has 0 aliphatic carbocycles. The van der Waals surface area contributed by atoms with E-state index >= 15 is 0 Å². The molecular weight excluding hydrogens is 260 g/mol. The number of unbranched alkanes of at least 4 members (excludes halogenated alkanes) is 1. The van der Waals surface area contributed by atoms with E-state index in [1.165, 1.54) is 24.9 Å². The van der Waals surface area contributed by atoms with Gasteiger partial charge in [0.25, 0.3) is 0 Å². The number of anilines is 1. The molecular formula is C18H30N2O. The first-order chi connectivity index (χ1) is 10.3. The van der Waals surface area contributed by atoms with Crippen molar-refractivity contribution in [3.05, 3.63) is 30.3 Å². The molecule has 1 saturated heterocycles. The van der Waals surface area contributed by atoms with Gasteiger partial charge in [-0.25, -0.2) is 0 Å². The van der Waals surface area contributed by atoms with Gasteiger partial charge in [0.15, 0.2) is 0 Å². The van der Waals surface area contributed by atoms with E-state index < -0.39 is 0 Å². The third-order valence-corrected chi connectivity index (χ3v) is 4.21. The minimum absolute atomic E-state index is 0.512. The summed E-state index contributed by atoms with van der Waals surface area (Å²) in [6, 6.07) is 11.3. The number of nitrogens with zero attached hydrogens (tertiary/aromatic N) is 1. The van der Waals surface area contributed by atoms with Crippen molar-refractivity contribution >= 4 is 5.69 Å². The smallest absolute Gasteiger partial charge is 0.0624 e. The van der Waals surface area contributed by atoms with Gasteiger partial charge in [-0.3, -0.25) is 0 Å². The summed E-state index contributed by atoms with van der Waals surface area (Å²) < 4.78 is 5.72. The summed E-state index contributed by atoms with van der Waals surface area (Å²) >= 11 is 0. The first-order valence-electron chi connectivity index (χ1n) is 8.46. The molecule has 3 nitrogen and oxygen atoms in total. The van der Waals surface area contributed by atoms with Gasteiger partial charge in [0.05, 0.1) is 13.2 Å². The molecule has 1 fully saturated rings. The standard InChI is InChI=1S/C18H30N2O/c1-3-5-12-20(17-9-7-6-8-10-17)13-16-14-21-15-18(16)19-11-4-2/h6-10,16,18-19H,3-5,11-15H2,1-2H3. The van der Waals surface area contributed by atoms with E-state index in [2.05, 4.69) is 54.4 Å². The van der Waals surface area contributed by atoms with Crippen LogP contribution in [0.1, 0.15) is 33.1 Å². The Bertz CT molecular complexity index is 382. The van der Waals surface area contributed by atoms with Crippen molar-refractivity contribution in [3.8, 4) is 0 Å². The van der Waals surface area contributed by atoms with Crippen LogP contribution in [0.25, 0.3) is 0 Å². The fourth-order valence-electron chi connectivity index (χ4n) is 2.93. The molecule has 1 aromatic carbocycles. The fraction of sp³-hybridized carbons (Fsp3) is 0.667. The van der Waals surface area contributed by atoms with Crippen molar-refractivity contribution in [3.63, 3.8) is 0 Å². The van der Waals surface area contributed by atoms with E-state index in [4.69, 9.17) is 4.74 Å². The highest BCUT2D eigenvalue weighted by atomic mass is 16.5. The van der Waals surface area contributed by atoms with Crippen LogP contribution in [0, 0.1) is 5.92 Å². The molecule has 2 rings (SSSR count). The van der Waals surface area contributed by atoms with Crippen LogP contribution >= 0.6 is 0 Å². The highest BCUT2D eigenvalue weighted by Crippen LogP contribution is 2.21. The maximum atomic E-state index is 5.72. The van der Waals surface area contributed by atoms with E-state index in [1.807, 2.05) is 0 Å². The van der Waals surface area contributed by atoms with Gasteiger partial charge in [0.2, 0.25) is 0 Å². The van der Waals surface area contributed by atoms with Crippen molar-refractivity contribution in [1.29, 1.82) is 0 Å². The summed E-state index contributed by atoms with van der Waals surface area (Å²) in [7, 11) is 0. The molecule has 1 aliphatic rings. The van der Waals surface area contributed by atoms with Crippen LogP contribution < -0.4 is 10.2 Å². The SMILES string of the molecule is CCCCN(CC1COCC1NCCC)c1ccccc1. The number of benzene rings is 1. The third kappa shape index (κ3) is 5.01. The topological polar surface area (TPSA) is 24.5 Å². The van der Waals surface area contributed by atoms with Gasteiger partial charge < -0.3 is 15.0 Å². The van der Waals surface area contributed by atoms with Crippen molar-refractivity contribution in [2.24, 2.45) is 5.92 Å². The molecule has 1 aliphatic heterocycles. The van der Waals surface area contributed by atoms with E-state index in [9.17, 15) is 0 Å². The van der Waals surface area contributed by atoms with E-state index in [-0.39, 0.29) is 0 Å². The van der Waals surface area contributed by atoms with Crippen molar-refractivity contribution < 1.29 is 4.74 Å². The van der Waals surface area contributed by atoms with Gasteiger partial charge in [0, 0.05) is 30.7 Å². The summed E-state index contributed by atoms with van der Waals surface area (Å²) in [6.45, 7) is 9.54. The minimum atomic E-state index is 0.512. The average Bonchev–Trinajstić information content (AvgIpc) is 2.97. The van der Waals surface area contributed by atoms with Crippen LogP contribution in [0.4, 0.5) is 5.69 Å². The Morgan fingerprint density at radius 2 is 1.95 bits per heavy atom. The number of ether oxygens (including phenoxy) is 1. The molecule has 1 aromatic rings. The summed E-state index contributed by atoms with van der Waals surface area (Å²) in [6.07, 6.45) is 3.67. The van der Waals surface area contributed by atoms with Crippen LogP contribution in [-0.4, -0.2) is 38.9 Å². The molecule has 0 radical (unpaired) electrons. The molecule has 118 valence electrons. The van der Waals surface area contributed by atoms with Crippen LogP contribution in [0.5, 0.6) is 0 Å². The molecule has 0 saturated carbocycles. The zero-order chi connectivity index (χ0) is 14.9. The second kappa shape index (κ2) is 9.06. The van der Waals surface area contributed by atoms with Crippen LogP contribution in [0.15, 0.2) is 30.3 Å². The highest BCUT2D eigenvalue weighted by molar-refractivity contribution is 5.46. The zero-order valence-corrected chi connectivity index (χ0v) is 13.6. The Balaban J connectivity index is 1.97. The number of nitrogens with one attached hydrogen (secondary N) is 1. The second-order valence-corrected chi connectivity index (χ2v) is 5.99. The maximum Gasteiger partial charge on any atom is 0.0624 e. The lowest BCUT2D eigenvalue weighted by molar-refractivity contribution is 0.183. The molecule has 0 spiro atoms. The molecule has 1 heterocycles. The van der Waals surface area contributed by atoms with E-state index in [0.29, 0.717) is 12.0 Å². The Hall–Kier alpha value is -1.06. The van der Waals surface area contributed by atoms with Gasteiger partial charge in [-0.05, 0) is 31.5 Å². The molecule has 0 amide bonds. The number of rotatable bonds is 9. The first-order valence-corrected chi connectivity index (χ1v) is 8.46. The molecule has 2 atom stereocenters. The maximum absolute atomic E-state index is 5.72. The predicted molar refractivity (Wildman–Crippen MR) is 90.0 cm³/mol. The van der Waals surface area contributed by atoms with E-state index in [0.717, 1.165) is 32.8 Å². The number of hydrogen-bond acceptors (Lipinski definition) is 3. The quantitative estimate of drug-likeness (QED) is 0.755. The summed E-state index contributed by atoms with van der Waals surface area (Å²) in [4.78, 5) is 2.53. The van der Waals surface area contributed by atoms with Crippen molar-refractivity contribution in [2.45, 2.75) is 39.2 Å². The molecule has 1 N–H and O–H groups in total. The van der Waals surface area contributed by atoms with Crippen molar-refractivity contribution in [2.75, 3.05) is 37.7 Å². The molecule has 0 aromatic heterocycles. The van der Waals surface area contributed by atoms with Gasteiger partial charge in [-0.1, -0.05) is 38.5 Å². The van der Waals surface area contributed by atoms with Gasteiger partial charge in [-0.15, -0.1) is 0 Å². The zero-order valence-electron chi connectivity index (χ0n) is 13.6. The Morgan fingerprint density at radius 3 is 2.67 bits per heavy atom. The Labute approximate surface area is 129 Å². The van der Waals surface area contributed by atoms with Crippen LogP contribution in [0.2, 0.25) is 0 Å². The first kappa shape index (κ1) is 16.3. The monoisotopic (exact) mass is 290 g/mol. The number of para-hydroxylation sites is 1. The number of hydrogen-bond donors (Lipinski definition) is 1. The lowest BCUT2D eigenvalue weighted by atomic mass is 10.0. The highest BCUT2D eigenvalue weighted by Gasteiger charge is 2.29. The third-order valence-electron chi connectivity index (χ3n) is 4.21. The van der Waals surface area contributed by atoms with Crippen molar-refractivity contribution in [1.82, 2.24) is 5.32 Å². The molecule has 3 heteroatoms. The van der Waals surface area contributed by atoms with Gasteiger partial charge >= 0.3 is 0 Å². The lowest BCUT2D eigenvalue weighted by Gasteiger charge is -2.30. The molecule has 21 heavy (non-hydrogen) atoms. The predicted octanol–water partition coefficient (Wildman–Crippen LogP) is 3.31. The molecule has 2 unspecified atom stereocenters. The second-order valence-electron chi connectivity index (χ2n) is 5.99. The fourth-order valence-corrected chi connectivity index (χ4v) is 2.93. The summed E-state index contributed by atoms with van der Waals surface area (Å²) in [5.74, 6) is 0.591. The normalized spacial score (nSPS) is 21.6. The van der Waals surface area contributed by atoms with E-state index in [1.54, 1.807) is 0 Å². The Morgan fingerprint density at radius 1 is 1.14 bits per heavy atom. The van der Waals surface area contributed by atoms with Crippen LogP contribution in [-0.2, 0) is 4.74 Å². The van der Waals surface area contributed by atoms with Gasteiger partial charge in [-0.2, -0.15) is 0 Å². The Kier molecular flexibility index (Phi) is 7.04. The largest absolute Gasteiger partial charge is 0.379 e. The summed E-state index contributed by atoms with van der Waals surface area (Å²) in [5, 5.41) is 3.64. The average molecular weight is 290 g/mol. The van der Waals surface area contributed by atoms with Crippen LogP contribution in [0.3, 0.4) is 0 Å². The lowest BCUT2D eigenvalue weighted by Crippen LogP contribution is -2.42. The summed E-state index contributed by atoms with van der Waals surface area (Å²) in [5.41, 5.74) is 1.34. The molecule has 0 bridgehead atoms. The van der Waals surface area contributed by atoms with Gasteiger partial charge in [0.1, 0.15) is 0 Å². The minimum Gasteiger partial charge on any atom is -0.379 e.